The van der Waals surface area contributed by atoms with E-state index in [9.17, 15) is 13.2 Å². The fourth-order valence-electron chi connectivity index (χ4n) is 2.41. The molecule has 0 spiro atoms. The van der Waals surface area contributed by atoms with Crippen molar-refractivity contribution in [2.45, 2.75) is 10.8 Å². The van der Waals surface area contributed by atoms with Crippen molar-refractivity contribution < 1.29 is 17.9 Å². The van der Waals surface area contributed by atoms with E-state index in [1.54, 1.807) is 36.4 Å². The zero-order valence-corrected chi connectivity index (χ0v) is 15.7. The fourth-order valence-corrected chi connectivity index (χ4v) is 5.45. The number of hydrogen-bond acceptors (Lipinski definition) is 5. The van der Waals surface area contributed by atoms with Crippen molar-refractivity contribution >= 4 is 38.9 Å². The van der Waals surface area contributed by atoms with Crippen molar-refractivity contribution in [1.29, 1.82) is 0 Å². The normalized spacial score (nSPS) is 15.9. The molecule has 25 heavy (non-hydrogen) atoms. The van der Waals surface area contributed by atoms with E-state index in [0.29, 0.717) is 36.9 Å². The lowest BCUT2D eigenvalue weighted by atomic mass is 10.2. The van der Waals surface area contributed by atoms with Crippen LogP contribution in [0.3, 0.4) is 0 Å². The quantitative estimate of drug-likeness (QED) is 0.835. The van der Waals surface area contributed by atoms with Crippen LogP contribution in [0.2, 0.25) is 5.02 Å². The molecule has 1 aliphatic heterocycles. The molecular formula is C16H17ClN2O4S2. The van der Waals surface area contributed by atoms with Gasteiger partial charge in [-0.25, -0.2) is 8.42 Å². The van der Waals surface area contributed by atoms with Gasteiger partial charge in [0.1, 0.15) is 4.21 Å². The molecule has 0 unspecified atom stereocenters. The fraction of sp³-hybridized carbons (Fsp3) is 0.312. The monoisotopic (exact) mass is 400 g/mol. The van der Waals surface area contributed by atoms with Crippen molar-refractivity contribution in [2.24, 2.45) is 0 Å². The van der Waals surface area contributed by atoms with E-state index in [1.165, 1.54) is 4.31 Å². The first-order valence-corrected chi connectivity index (χ1v) is 10.3. The molecule has 6 nitrogen and oxygen atoms in total. The number of morpholine rings is 1. The van der Waals surface area contributed by atoms with E-state index < -0.39 is 10.0 Å². The van der Waals surface area contributed by atoms with Gasteiger partial charge in [0.25, 0.3) is 15.9 Å². The van der Waals surface area contributed by atoms with Crippen LogP contribution in [0.5, 0.6) is 0 Å². The minimum absolute atomic E-state index is 0.256. The standard InChI is InChI=1S/C16H17ClN2O4S2/c17-13-3-1-2-12(10-13)16(20)18-11-14-4-5-15(24-14)25(21,22)19-6-8-23-9-7-19/h1-5,10H,6-9,11H2,(H,18,20). The van der Waals surface area contributed by atoms with Gasteiger partial charge < -0.3 is 10.1 Å². The van der Waals surface area contributed by atoms with Gasteiger partial charge in [0.2, 0.25) is 0 Å². The van der Waals surface area contributed by atoms with Crippen molar-refractivity contribution in [3.05, 3.63) is 51.9 Å². The van der Waals surface area contributed by atoms with Crippen molar-refractivity contribution in [1.82, 2.24) is 9.62 Å². The molecule has 1 saturated heterocycles. The van der Waals surface area contributed by atoms with Crippen LogP contribution in [-0.2, 0) is 21.3 Å². The lowest BCUT2D eigenvalue weighted by Gasteiger charge is -2.25. The molecule has 0 saturated carbocycles. The molecule has 9 heteroatoms. The van der Waals surface area contributed by atoms with Crippen LogP contribution in [0.1, 0.15) is 15.2 Å². The Hall–Kier alpha value is -1.45. The van der Waals surface area contributed by atoms with E-state index in [4.69, 9.17) is 16.3 Å². The Morgan fingerprint density at radius 3 is 2.72 bits per heavy atom. The SMILES string of the molecule is O=C(NCc1ccc(S(=O)(=O)N2CCOCC2)s1)c1cccc(Cl)c1. The highest BCUT2D eigenvalue weighted by Gasteiger charge is 2.27. The highest BCUT2D eigenvalue weighted by atomic mass is 35.5. The summed E-state index contributed by atoms with van der Waals surface area (Å²) >= 11 is 7.04. The van der Waals surface area contributed by atoms with Gasteiger partial charge in [0.15, 0.2) is 0 Å². The molecule has 0 bridgehead atoms. The molecular weight excluding hydrogens is 384 g/mol. The zero-order valence-electron chi connectivity index (χ0n) is 13.3. The number of carbonyl (C=O) groups is 1. The summed E-state index contributed by atoms with van der Waals surface area (Å²) in [6, 6.07) is 9.95. The van der Waals surface area contributed by atoms with Crippen molar-refractivity contribution in [3.8, 4) is 0 Å². The van der Waals surface area contributed by atoms with Crippen LogP contribution in [0.15, 0.2) is 40.6 Å². The van der Waals surface area contributed by atoms with E-state index in [1.807, 2.05) is 0 Å². The molecule has 0 atom stereocenters. The Kier molecular flexibility index (Phi) is 5.75. The number of benzene rings is 1. The number of nitrogens with zero attached hydrogens (tertiary/aromatic N) is 1. The lowest BCUT2D eigenvalue weighted by molar-refractivity contribution is 0.0731. The maximum atomic E-state index is 12.6. The highest BCUT2D eigenvalue weighted by Crippen LogP contribution is 2.25. The minimum atomic E-state index is -3.50. The summed E-state index contributed by atoms with van der Waals surface area (Å²) in [6.45, 7) is 1.80. The molecule has 134 valence electrons. The second-order valence-electron chi connectivity index (χ2n) is 5.43. The average molecular weight is 401 g/mol. The number of thiophene rings is 1. The van der Waals surface area contributed by atoms with Crippen LogP contribution in [0.25, 0.3) is 0 Å². The van der Waals surface area contributed by atoms with E-state index in [2.05, 4.69) is 5.32 Å². The first-order chi connectivity index (χ1) is 12.0. The highest BCUT2D eigenvalue weighted by molar-refractivity contribution is 7.91. The first kappa shape index (κ1) is 18.3. The van der Waals surface area contributed by atoms with Gasteiger partial charge in [-0.15, -0.1) is 11.3 Å². The summed E-state index contributed by atoms with van der Waals surface area (Å²) in [5.74, 6) is -0.256. The lowest BCUT2D eigenvalue weighted by Crippen LogP contribution is -2.40. The number of amides is 1. The maximum absolute atomic E-state index is 12.6. The Morgan fingerprint density at radius 1 is 1.24 bits per heavy atom. The Bertz CT molecular complexity index is 861. The van der Waals surface area contributed by atoms with Gasteiger partial charge in [-0.3, -0.25) is 4.79 Å². The summed E-state index contributed by atoms with van der Waals surface area (Å²) in [5.41, 5.74) is 0.463. The van der Waals surface area contributed by atoms with Gasteiger partial charge in [0, 0.05) is 28.6 Å². The number of sulfonamides is 1. The summed E-state index contributed by atoms with van der Waals surface area (Å²) in [4.78, 5) is 12.9. The molecule has 1 aromatic heterocycles. The van der Waals surface area contributed by atoms with E-state index in [0.717, 1.165) is 16.2 Å². The summed E-state index contributed by atoms with van der Waals surface area (Å²) in [6.07, 6.45) is 0. The third-order valence-electron chi connectivity index (χ3n) is 3.71. The maximum Gasteiger partial charge on any atom is 0.252 e. The molecule has 2 aromatic rings. The number of carbonyl (C=O) groups excluding carboxylic acids is 1. The minimum Gasteiger partial charge on any atom is -0.379 e. The zero-order chi connectivity index (χ0) is 17.9. The number of halogens is 1. The smallest absolute Gasteiger partial charge is 0.252 e. The number of ether oxygens (including phenoxy) is 1. The molecule has 3 rings (SSSR count). The summed E-state index contributed by atoms with van der Waals surface area (Å²) < 4.78 is 32.1. The molecule has 0 radical (unpaired) electrons. The number of hydrogen-bond donors (Lipinski definition) is 1. The van der Waals surface area contributed by atoms with Crippen molar-refractivity contribution in [2.75, 3.05) is 26.3 Å². The average Bonchev–Trinajstić information content (AvgIpc) is 3.10. The Balaban J connectivity index is 1.64. The van der Waals surface area contributed by atoms with Crippen LogP contribution in [-0.4, -0.2) is 44.9 Å². The van der Waals surface area contributed by atoms with Crippen LogP contribution in [0, 0.1) is 0 Å². The molecule has 0 aliphatic carbocycles. The van der Waals surface area contributed by atoms with Crippen LogP contribution in [0.4, 0.5) is 0 Å². The topological polar surface area (TPSA) is 75.7 Å². The molecule has 1 amide bonds. The van der Waals surface area contributed by atoms with Gasteiger partial charge in [-0.1, -0.05) is 17.7 Å². The number of rotatable bonds is 5. The molecule has 1 fully saturated rings. The van der Waals surface area contributed by atoms with Gasteiger partial charge in [0.05, 0.1) is 19.8 Å². The van der Waals surface area contributed by atoms with Gasteiger partial charge >= 0.3 is 0 Å². The van der Waals surface area contributed by atoms with Crippen molar-refractivity contribution in [3.63, 3.8) is 0 Å². The molecule has 1 N–H and O–H groups in total. The van der Waals surface area contributed by atoms with E-state index >= 15 is 0 Å². The second kappa shape index (κ2) is 7.84. The predicted octanol–water partition coefficient (Wildman–Crippen LogP) is 2.35. The summed E-state index contributed by atoms with van der Waals surface area (Å²) in [5, 5.41) is 3.26. The third kappa shape index (κ3) is 4.39. The van der Waals surface area contributed by atoms with Gasteiger partial charge in [-0.05, 0) is 30.3 Å². The largest absolute Gasteiger partial charge is 0.379 e. The second-order valence-corrected chi connectivity index (χ2v) is 9.20. The van der Waals surface area contributed by atoms with E-state index in [-0.39, 0.29) is 16.7 Å². The van der Waals surface area contributed by atoms with Crippen LogP contribution >= 0.6 is 22.9 Å². The Morgan fingerprint density at radius 2 is 2.00 bits per heavy atom. The van der Waals surface area contributed by atoms with Crippen LogP contribution < -0.4 is 5.32 Å². The summed E-state index contributed by atoms with van der Waals surface area (Å²) in [7, 11) is -3.50. The molecule has 1 aromatic carbocycles. The molecule has 2 heterocycles. The first-order valence-electron chi connectivity index (χ1n) is 7.67. The Labute approximate surface area is 155 Å². The molecule has 1 aliphatic rings. The number of nitrogens with one attached hydrogen (secondary N) is 1. The third-order valence-corrected chi connectivity index (χ3v) is 7.40. The van der Waals surface area contributed by atoms with Gasteiger partial charge in [-0.2, -0.15) is 4.31 Å². The predicted molar refractivity (Wildman–Crippen MR) is 96.5 cm³/mol.